The molecule has 106 valence electrons. The molecule has 0 aliphatic heterocycles. The van der Waals surface area contributed by atoms with Crippen LogP contribution < -0.4 is 0 Å². The summed E-state index contributed by atoms with van der Waals surface area (Å²) >= 11 is -1.44. The molecule has 0 amide bonds. The van der Waals surface area contributed by atoms with Gasteiger partial charge in [-0.15, -0.1) is 0 Å². The zero-order valence-electron chi connectivity index (χ0n) is 11.8. The van der Waals surface area contributed by atoms with Gasteiger partial charge in [0.15, 0.2) is 0 Å². The lowest BCUT2D eigenvalue weighted by Gasteiger charge is -2.17. The van der Waals surface area contributed by atoms with Gasteiger partial charge in [-0.25, -0.2) is 8.78 Å². The van der Waals surface area contributed by atoms with Crippen LogP contribution in [0.2, 0.25) is 0 Å². The number of benzene rings is 1. The van der Waals surface area contributed by atoms with Crippen LogP contribution in [0.3, 0.4) is 0 Å². The van der Waals surface area contributed by atoms with E-state index in [1.165, 1.54) is 18.3 Å². The first kappa shape index (κ1) is 16.1. The number of halogens is 2. The predicted molar refractivity (Wildman–Crippen MR) is 75.9 cm³/mol. The molecule has 5 heteroatoms. The summed E-state index contributed by atoms with van der Waals surface area (Å²) in [7, 11) is 0. The highest BCUT2D eigenvalue weighted by molar-refractivity contribution is 7.91. The molecule has 0 heterocycles. The van der Waals surface area contributed by atoms with Crippen molar-refractivity contribution in [2.45, 2.75) is 45.3 Å². The maximum Gasteiger partial charge on any atom is 0.144 e. The van der Waals surface area contributed by atoms with Crippen LogP contribution in [0.1, 0.15) is 51.7 Å². The first-order chi connectivity index (χ1) is 8.62. The zero-order valence-corrected chi connectivity index (χ0v) is 12.6. The van der Waals surface area contributed by atoms with E-state index in [1.54, 1.807) is 34.6 Å². The molecular weight excluding hydrogens is 268 g/mol. The maximum atomic E-state index is 13.7. The van der Waals surface area contributed by atoms with E-state index in [1.807, 2.05) is 0 Å². The van der Waals surface area contributed by atoms with Crippen molar-refractivity contribution < 1.29 is 13.3 Å². The molecule has 0 unspecified atom stereocenters. The van der Waals surface area contributed by atoms with Crippen molar-refractivity contribution in [2.24, 2.45) is 4.40 Å². The van der Waals surface area contributed by atoms with Gasteiger partial charge >= 0.3 is 0 Å². The number of hydrogen-bond donors (Lipinski definition) is 0. The number of rotatable bonds is 3. The molecule has 1 rings (SSSR count). The largest absolute Gasteiger partial charge is 0.591 e. The summed E-state index contributed by atoms with van der Waals surface area (Å²) in [5, 5.41) is 0. The Morgan fingerprint density at radius 2 is 1.68 bits per heavy atom. The summed E-state index contributed by atoms with van der Waals surface area (Å²) in [5.74, 6) is -1.43. The van der Waals surface area contributed by atoms with Gasteiger partial charge in [0.2, 0.25) is 0 Å². The van der Waals surface area contributed by atoms with Crippen molar-refractivity contribution in [3.05, 3.63) is 34.9 Å². The van der Waals surface area contributed by atoms with Crippen molar-refractivity contribution in [1.29, 1.82) is 0 Å². The molecular formula is C14H19F2NOS. The Balaban J connectivity index is 3.02. The molecule has 0 N–H and O–H groups in total. The van der Waals surface area contributed by atoms with Crippen LogP contribution in [0.15, 0.2) is 16.5 Å². The molecule has 0 saturated heterocycles. The average Bonchev–Trinajstić information content (AvgIpc) is 2.22. The minimum Gasteiger partial charge on any atom is -0.591 e. The smallest absolute Gasteiger partial charge is 0.144 e. The topological polar surface area (TPSA) is 35.4 Å². The Morgan fingerprint density at radius 3 is 2.05 bits per heavy atom. The third-order valence-corrected chi connectivity index (χ3v) is 3.84. The third kappa shape index (κ3) is 4.28. The van der Waals surface area contributed by atoms with Gasteiger partial charge in [0.1, 0.15) is 27.7 Å². The van der Waals surface area contributed by atoms with Crippen LogP contribution in [-0.4, -0.2) is 15.5 Å². The molecule has 0 aliphatic carbocycles. The zero-order chi connectivity index (χ0) is 14.8. The SMILES string of the molecule is CC(C)c1c(F)cc(/C=N/[S@+]([O-])C(C)(C)C)cc1F. The fraction of sp³-hybridized carbons (Fsp3) is 0.500. The van der Waals surface area contributed by atoms with Crippen molar-refractivity contribution in [3.8, 4) is 0 Å². The Kier molecular flexibility index (Phi) is 5.10. The average molecular weight is 287 g/mol. The lowest BCUT2D eigenvalue weighted by Crippen LogP contribution is -2.25. The van der Waals surface area contributed by atoms with Gasteiger partial charge in [0, 0.05) is 11.1 Å². The van der Waals surface area contributed by atoms with Gasteiger partial charge in [-0.2, -0.15) is 0 Å². The van der Waals surface area contributed by atoms with Crippen molar-refractivity contribution >= 4 is 17.6 Å². The van der Waals surface area contributed by atoms with Gasteiger partial charge < -0.3 is 4.55 Å². The Labute approximate surface area is 116 Å². The highest BCUT2D eigenvalue weighted by Crippen LogP contribution is 2.23. The summed E-state index contributed by atoms with van der Waals surface area (Å²) in [6.45, 7) is 8.80. The van der Waals surface area contributed by atoms with Gasteiger partial charge in [-0.3, -0.25) is 0 Å². The fourth-order valence-electron chi connectivity index (χ4n) is 1.50. The predicted octanol–water partition coefficient (Wildman–Crippen LogP) is 3.97. The summed E-state index contributed by atoms with van der Waals surface area (Å²) in [6, 6.07) is 2.42. The second-order valence-corrected chi connectivity index (χ2v) is 7.58. The van der Waals surface area contributed by atoms with E-state index in [4.69, 9.17) is 0 Å². The lowest BCUT2D eigenvalue weighted by atomic mass is 10.0. The van der Waals surface area contributed by atoms with Crippen molar-refractivity contribution in [3.63, 3.8) is 0 Å². The molecule has 0 saturated carbocycles. The Hall–Kier alpha value is -0.940. The lowest BCUT2D eigenvalue weighted by molar-refractivity contribution is 0.541. The molecule has 0 aliphatic rings. The maximum absolute atomic E-state index is 13.7. The summed E-state index contributed by atoms with van der Waals surface area (Å²) in [6.07, 6.45) is 1.25. The monoisotopic (exact) mass is 287 g/mol. The molecule has 0 radical (unpaired) electrons. The first-order valence-electron chi connectivity index (χ1n) is 6.08. The van der Waals surface area contributed by atoms with Crippen LogP contribution in [0, 0.1) is 11.6 Å². The highest BCUT2D eigenvalue weighted by Gasteiger charge is 2.25. The van der Waals surface area contributed by atoms with Crippen molar-refractivity contribution in [1.82, 2.24) is 0 Å². The van der Waals surface area contributed by atoms with E-state index < -0.39 is 27.7 Å². The van der Waals surface area contributed by atoms with E-state index >= 15 is 0 Å². The molecule has 0 aromatic heterocycles. The number of hydrogen-bond acceptors (Lipinski definition) is 2. The van der Waals surface area contributed by atoms with Gasteiger partial charge in [0.05, 0.1) is 6.21 Å². The summed E-state index contributed by atoms with van der Waals surface area (Å²) in [4.78, 5) is 0. The molecule has 0 bridgehead atoms. The Bertz CT molecular complexity index is 458. The molecule has 0 spiro atoms. The Morgan fingerprint density at radius 1 is 1.21 bits per heavy atom. The van der Waals surface area contributed by atoms with Crippen LogP contribution in [0.5, 0.6) is 0 Å². The third-order valence-electron chi connectivity index (χ3n) is 2.50. The quantitative estimate of drug-likeness (QED) is 0.612. The van der Waals surface area contributed by atoms with Crippen molar-refractivity contribution in [2.75, 3.05) is 0 Å². The van der Waals surface area contributed by atoms with Crippen LogP contribution in [-0.2, 0) is 11.4 Å². The molecule has 1 atom stereocenters. The van der Waals surface area contributed by atoms with Gasteiger partial charge in [-0.1, -0.05) is 18.2 Å². The van der Waals surface area contributed by atoms with E-state index in [0.29, 0.717) is 0 Å². The fourth-order valence-corrected chi connectivity index (χ4v) is 2.03. The van der Waals surface area contributed by atoms with E-state index in [-0.39, 0.29) is 17.0 Å². The molecule has 1 aromatic rings. The summed E-state index contributed by atoms with van der Waals surface area (Å²) in [5.41, 5.74) is 0.339. The minimum atomic E-state index is -1.44. The molecule has 19 heavy (non-hydrogen) atoms. The first-order valence-corrected chi connectivity index (χ1v) is 7.18. The van der Waals surface area contributed by atoms with E-state index in [9.17, 15) is 13.3 Å². The molecule has 2 nitrogen and oxygen atoms in total. The summed E-state index contributed by atoms with van der Waals surface area (Å²) < 4.78 is 42.5. The van der Waals surface area contributed by atoms with E-state index in [2.05, 4.69) is 4.40 Å². The molecule has 0 fully saturated rings. The second kappa shape index (κ2) is 6.01. The highest BCUT2D eigenvalue weighted by atomic mass is 32.2. The molecule has 1 aromatic carbocycles. The van der Waals surface area contributed by atoms with Gasteiger partial charge in [0.25, 0.3) is 0 Å². The van der Waals surface area contributed by atoms with Crippen LogP contribution in [0.4, 0.5) is 8.78 Å². The minimum absolute atomic E-state index is 0.0640. The van der Waals surface area contributed by atoms with Crippen LogP contribution in [0.25, 0.3) is 0 Å². The number of nitrogens with zero attached hydrogens (tertiary/aromatic N) is 1. The standard InChI is InChI=1S/C14H19F2NOS/c1-9(2)13-11(15)6-10(7-12(13)16)8-17-19(18)14(3,4)5/h6-9H,1-5H3/b17-8+/t19-/m1/s1. The normalized spacial score (nSPS) is 14.4. The van der Waals surface area contributed by atoms with Crippen LogP contribution >= 0.6 is 0 Å². The van der Waals surface area contributed by atoms with Gasteiger partial charge in [-0.05, 0) is 38.8 Å². The van der Waals surface area contributed by atoms with E-state index in [0.717, 1.165) is 0 Å². The second-order valence-electron chi connectivity index (χ2n) is 5.65.